The number of esters is 2. The average Bonchev–Trinajstić information content (AvgIpc) is 2.56. The van der Waals surface area contributed by atoms with Gasteiger partial charge in [-0.1, -0.05) is 12.1 Å². The van der Waals surface area contributed by atoms with Crippen molar-refractivity contribution >= 4 is 11.9 Å². The van der Waals surface area contributed by atoms with E-state index in [1.165, 1.54) is 24.3 Å². The lowest BCUT2D eigenvalue weighted by molar-refractivity contribution is -0.151. The summed E-state index contributed by atoms with van der Waals surface area (Å²) in [7, 11) is 0. The third-order valence-electron chi connectivity index (χ3n) is 4.20. The molecule has 1 atom stereocenters. The highest BCUT2D eigenvalue weighted by Crippen LogP contribution is 2.43. The summed E-state index contributed by atoms with van der Waals surface area (Å²) in [6.45, 7) is 3.71. The van der Waals surface area contributed by atoms with Gasteiger partial charge in [0.25, 0.3) is 0 Å². The fourth-order valence-corrected chi connectivity index (χ4v) is 2.96. The molecular formula is C18H21FO5. The minimum absolute atomic E-state index is 0.0396. The molecule has 0 fully saturated rings. The molecule has 5 nitrogen and oxygen atoms in total. The van der Waals surface area contributed by atoms with Gasteiger partial charge in [-0.05, 0) is 38.0 Å². The Balaban J connectivity index is 2.47. The van der Waals surface area contributed by atoms with Gasteiger partial charge in [-0.2, -0.15) is 0 Å². The van der Waals surface area contributed by atoms with Gasteiger partial charge in [0, 0.05) is 12.8 Å². The lowest BCUT2D eigenvalue weighted by Gasteiger charge is -2.35. The number of aliphatic hydroxyl groups excluding tert-OH is 1. The highest BCUT2D eigenvalue weighted by Gasteiger charge is 2.46. The Morgan fingerprint density at radius 3 is 2.38 bits per heavy atom. The van der Waals surface area contributed by atoms with Crippen LogP contribution in [0.15, 0.2) is 35.6 Å². The van der Waals surface area contributed by atoms with Crippen molar-refractivity contribution < 1.29 is 28.6 Å². The predicted molar refractivity (Wildman–Crippen MR) is 84.8 cm³/mol. The van der Waals surface area contributed by atoms with E-state index in [0.29, 0.717) is 5.56 Å². The van der Waals surface area contributed by atoms with Crippen LogP contribution in [-0.2, 0) is 24.5 Å². The number of carbonyl (C=O) groups excluding carboxylic acids is 2. The lowest BCUT2D eigenvalue weighted by Crippen LogP contribution is -2.41. The zero-order valence-electron chi connectivity index (χ0n) is 13.8. The van der Waals surface area contributed by atoms with E-state index < -0.39 is 23.2 Å². The number of hydrogen-bond donors (Lipinski definition) is 1. The maximum Gasteiger partial charge on any atom is 0.337 e. The van der Waals surface area contributed by atoms with Crippen LogP contribution >= 0.6 is 0 Å². The van der Waals surface area contributed by atoms with E-state index in [4.69, 9.17) is 9.47 Å². The number of aliphatic hydroxyl groups is 1. The first-order chi connectivity index (χ1) is 11.4. The highest BCUT2D eigenvalue weighted by molar-refractivity contribution is 5.93. The summed E-state index contributed by atoms with van der Waals surface area (Å²) in [6, 6.07) is 5.55. The molecule has 1 aromatic rings. The van der Waals surface area contributed by atoms with Gasteiger partial charge in [0.05, 0.1) is 24.2 Å². The Bertz CT molecular complexity index is 650. The summed E-state index contributed by atoms with van der Waals surface area (Å²) >= 11 is 0. The van der Waals surface area contributed by atoms with Crippen LogP contribution < -0.4 is 0 Å². The van der Waals surface area contributed by atoms with Crippen LogP contribution in [-0.4, -0.2) is 30.3 Å². The molecule has 0 heterocycles. The van der Waals surface area contributed by atoms with E-state index in [9.17, 15) is 19.1 Å². The van der Waals surface area contributed by atoms with Crippen LogP contribution in [0.3, 0.4) is 0 Å². The first-order valence-electron chi connectivity index (χ1n) is 7.96. The van der Waals surface area contributed by atoms with Gasteiger partial charge < -0.3 is 14.6 Å². The molecule has 1 aromatic carbocycles. The van der Waals surface area contributed by atoms with Crippen molar-refractivity contribution in [2.75, 3.05) is 13.2 Å². The molecule has 0 amide bonds. The monoisotopic (exact) mass is 336 g/mol. The molecular weight excluding hydrogens is 315 g/mol. The van der Waals surface area contributed by atoms with E-state index in [1.54, 1.807) is 13.8 Å². The minimum Gasteiger partial charge on any atom is -0.512 e. The lowest BCUT2D eigenvalue weighted by atomic mass is 9.68. The average molecular weight is 336 g/mol. The van der Waals surface area contributed by atoms with Crippen LogP contribution in [0.25, 0.3) is 0 Å². The van der Waals surface area contributed by atoms with E-state index in [2.05, 4.69) is 0 Å². The van der Waals surface area contributed by atoms with E-state index in [1.807, 2.05) is 0 Å². The Kier molecular flexibility index (Phi) is 5.59. The van der Waals surface area contributed by atoms with Crippen LogP contribution in [0, 0.1) is 5.82 Å². The Labute approximate surface area is 140 Å². The maximum absolute atomic E-state index is 13.3. The quantitative estimate of drug-likeness (QED) is 0.836. The van der Waals surface area contributed by atoms with Gasteiger partial charge in [-0.15, -0.1) is 0 Å². The SMILES string of the molecule is CCOC(=O)C1=C(O)CC[C@@](C(=O)OCC)(c2ccc(F)cc2)C1. The summed E-state index contributed by atoms with van der Waals surface area (Å²) < 4.78 is 23.4. The van der Waals surface area contributed by atoms with Crippen molar-refractivity contribution in [3.63, 3.8) is 0 Å². The van der Waals surface area contributed by atoms with Gasteiger partial charge >= 0.3 is 11.9 Å². The summed E-state index contributed by atoms with van der Waals surface area (Å²) in [4.78, 5) is 24.8. The summed E-state index contributed by atoms with van der Waals surface area (Å²) in [5, 5.41) is 10.1. The summed E-state index contributed by atoms with van der Waals surface area (Å²) in [5.41, 5.74) is -0.518. The van der Waals surface area contributed by atoms with Gasteiger partial charge in [0.15, 0.2) is 0 Å². The van der Waals surface area contributed by atoms with Crippen molar-refractivity contribution in [2.45, 2.75) is 38.5 Å². The third kappa shape index (κ3) is 3.42. The smallest absolute Gasteiger partial charge is 0.337 e. The summed E-state index contributed by atoms with van der Waals surface area (Å²) in [5.74, 6) is -1.63. The highest BCUT2D eigenvalue weighted by atomic mass is 19.1. The van der Waals surface area contributed by atoms with E-state index in [-0.39, 0.29) is 43.8 Å². The molecule has 0 spiro atoms. The topological polar surface area (TPSA) is 72.8 Å². The maximum atomic E-state index is 13.3. The number of rotatable bonds is 5. The molecule has 6 heteroatoms. The molecule has 0 saturated carbocycles. The molecule has 2 rings (SSSR count). The number of carbonyl (C=O) groups is 2. The Morgan fingerprint density at radius 2 is 1.79 bits per heavy atom. The second-order valence-electron chi connectivity index (χ2n) is 5.63. The predicted octanol–water partition coefficient (Wildman–Crippen LogP) is 3.19. The molecule has 24 heavy (non-hydrogen) atoms. The fraction of sp³-hybridized carbons (Fsp3) is 0.444. The zero-order chi connectivity index (χ0) is 17.7. The fourth-order valence-electron chi connectivity index (χ4n) is 2.96. The standard InChI is InChI=1S/C18H21FO5/c1-3-23-16(21)14-11-18(10-9-15(14)20,17(22)24-4-2)12-5-7-13(19)8-6-12/h5-8,20H,3-4,9-11H2,1-2H3/t18-/m0/s1. The molecule has 1 N–H and O–H groups in total. The van der Waals surface area contributed by atoms with Crippen molar-refractivity contribution in [3.05, 3.63) is 47.0 Å². The van der Waals surface area contributed by atoms with E-state index in [0.717, 1.165) is 0 Å². The van der Waals surface area contributed by atoms with Crippen molar-refractivity contribution in [1.29, 1.82) is 0 Å². The molecule has 1 aliphatic carbocycles. The van der Waals surface area contributed by atoms with E-state index >= 15 is 0 Å². The van der Waals surface area contributed by atoms with Crippen LogP contribution in [0.2, 0.25) is 0 Å². The van der Waals surface area contributed by atoms with Crippen molar-refractivity contribution in [3.8, 4) is 0 Å². The van der Waals surface area contributed by atoms with Gasteiger partial charge in [0.1, 0.15) is 11.6 Å². The Hall–Kier alpha value is -2.37. The molecule has 0 aromatic heterocycles. The minimum atomic E-state index is -1.14. The molecule has 0 radical (unpaired) electrons. The van der Waals surface area contributed by atoms with Crippen LogP contribution in [0.5, 0.6) is 0 Å². The molecule has 0 saturated heterocycles. The van der Waals surface area contributed by atoms with Crippen LogP contribution in [0.4, 0.5) is 4.39 Å². The first-order valence-corrected chi connectivity index (χ1v) is 7.96. The second-order valence-corrected chi connectivity index (χ2v) is 5.63. The van der Waals surface area contributed by atoms with Crippen LogP contribution in [0.1, 0.15) is 38.7 Å². The molecule has 1 aliphatic rings. The normalized spacial score (nSPS) is 20.6. The van der Waals surface area contributed by atoms with Crippen molar-refractivity contribution in [2.24, 2.45) is 0 Å². The second kappa shape index (κ2) is 7.47. The molecule has 130 valence electrons. The number of ether oxygens (including phenoxy) is 2. The molecule has 0 bridgehead atoms. The summed E-state index contributed by atoms with van der Waals surface area (Å²) in [6.07, 6.45) is 0.374. The van der Waals surface area contributed by atoms with Gasteiger partial charge in [0.2, 0.25) is 0 Å². The Morgan fingerprint density at radius 1 is 1.17 bits per heavy atom. The van der Waals surface area contributed by atoms with Crippen molar-refractivity contribution in [1.82, 2.24) is 0 Å². The number of halogens is 1. The third-order valence-corrected chi connectivity index (χ3v) is 4.20. The first kappa shape index (κ1) is 18.0. The number of benzene rings is 1. The van der Waals surface area contributed by atoms with Gasteiger partial charge in [-0.3, -0.25) is 4.79 Å². The largest absolute Gasteiger partial charge is 0.512 e. The van der Waals surface area contributed by atoms with Gasteiger partial charge in [-0.25, -0.2) is 9.18 Å². The number of allylic oxidation sites excluding steroid dienone is 1. The molecule has 0 aliphatic heterocycles. The molecule has 0 unspecified atom stereocenters. The number of hydrogen-bond acceptors (Lipinski definition) is 5. The zero-order valence-corrected chi connectivity index (χ0v) is 13.8.